The third-order valence-corrected chi connectivity index (χ3v) is 23.6. The molecule has 0 saturated heterocycles. The summed E-state index contributed by atoms with van der Waals surface area (Å²) in [6.45, 7) is 0. The zero-order chi connectivity index (χ0) is 85.7. The average molecular weight is 1500 g/mol. The SMILES string of the molecule is [2H]c1c([2H])c([2H])c(-c2c3ccccc3c(-c3ccc(-c4c(-c5ccc(-c6ccccc6)c(-c6ccccc6)c5)ccc5oc6ccccc6c45)c4ccccc34)c3ccccc23)c([2H])c1[2H].[2H]c1c([2H])c([2H])c(-c2c3ccccc3c(-c3ccc(-c4c(-c5cccc6c5oc5ccccc56)ccc5oc6ccccc6c45)c4ccccc34)c3ccccc23)c([2H])c1[2H]. The van der Waals surface area contributed by atoms with Gasteiger partial charge in [-0.1, -0.05) is 382 Å². The van der Waals surface area contributed by atoms with Crippen molar-refractivity contribution >= 4 is 130 Å². The summed E-state index contributed by atoms with van der Waals surface area (Å²) in [6, 6.07) is 123. The highest BCUT2D eigenvalue weighted by Gasteiger charge is 2.28. The van der Waals surface area contributed by atoms with E-state index in [2.05, 4.69) is 249 Å². The van der Waals surface area contributed by atoms with Crippen molar-refractivity contribution in [1.82, 2.24) is 0 Å². The van der Waals surface area contributed by atoms with Crippen LogP contribution in [0.5, 0.6) is 0 Å². The fourth-order valence-corrected chi connectivity index (χ4v) is 18.7. The number of rotatable bonds is 10. The molecule has 0 aliphatic carbocycles. The molecule has 24 aromatic rings. The summed E-state index contributed by atoms with van der Waals surface area (Å²) in [7, 11) is 0. The van der Waals surface area contributed by atoms with Gasteiger partial charge in [0.05, 0.1) is 13.7 Å². The molecular formula is C114H70O3. The van der Waals surface area contributed by atoms with Gasteiger partial charge in [-0.25, -0.2) is 0 Å². The minimum absolute atomic E-state index is 0.192. The molecule has 0 spiro atoms. The maximum atomic E-state index is 9.06. The van der Waals surface area contributed by atoms with Crippen molar-refractivity contribution in [2.75, 3.05) is 0 Å². The first-order valence-electron chi connectivity index (χ1n) is 44.4. The molecule has 0 saturated carbocycles. The van der Waals surface area contributed by atoms with Gasteiger partial charge in [-0.2, -0.15) is 0 Å². The number of para-hydroxylation sites is 4. The Balaban J connectivity index is 0.000000146. The zero-order valence-electron chi connectivity index (χ0n) is 72.9. The Bertz CT molecular complexity index is 8620. The van der Waals surface area contributed by atoms with Crippen LogP contribution < -0.4 is 0 Å². The molecule has 0 unspecified atom stereocenters. The fourth-order valence-electron chi connectivity index (χ4n) is 18.7. The number of benzene rings is 21. The van der Waals surface area contributed by atoms with Crippen molar-refractivity contribution in [3.8, 4) is 111 Å². The molecule has 0 amide bonds. The predicted octanol–water partition coefficient (Wildman–Crippen LogP) is 32.7. The smallest absolute Gasteiger partial charge is 0.143 e. The molecule has 544 valence electrons. The molecule has 0 aliphatic rings. The lowest BCUT2D eigenvalue weighted by Crippen LogP contribution is -1.94. The van der Waals surface area contributed by atoms with Gasteiger partial charge >= 0.3 is 0 Å². The molecule has 0 aliphatic heterocycles. The summed E-state index contributed by atoms with van der Waals surface area (Å²) in [6.07, 6.45) is 0. The largest absolute Gasteiger partial charge is 0.456 e. The fraction of sp³-hybridized carbons (Fsp3) is 0. The molecule has 0 N–H and O–H groups in total. The molecule has 21 aromatic carbocycles. The standard InChI is InChI=1S/C60H38O.C54H32O2/c1-4-18-39(19-5-1)43-33-32-42(38-54(43)40-20-6-2-7-21-40)44-36-37-56-60(53-30-16-17-31-55(53)61-56)59(44)52-35-34-51(45-24-10-11-25-46(45)52)58-49-28-14-12-26-47(49)57(41-22-8-3-9-23-41)48-27-13-15-29-50(48)58;1-2-15-33(16-3-1)50-37-20-6-8-22-39(37)51(40-23-9-7-21-38(40)50)41-29-30-42(35-18-5-4-17-34(35)41)52-43(31-32-49-53(52)46-24-11-13-28-48(46)55-49)45-26-14-25-44-36-19-10-12-27-47(36)56-54(44)45/h1-38H;1-32H/i3D,8D,9D,22D,23D;1D,2D,3D,15D,16D. The summed E-state index contributed by atoms with van der Waals surface area (Å²) < 4.78 is 107. The first-order valence-corrected chi connectivity index (χ1v) is 39.4. The van der Waals surface area contributed by atoms with E-state index in [0.29, 0.717) is 11.1 Å². The van der Waals surface area contributed by atoms with Crippen LogP contribution in [-0.4, -0.2) is 0 Å². The van der Waals surface area contributed by atoms with E-state index in [4.69, 9.17) is 27.0 Å². The highest BCUT2D eigenvalue weighted by Crippen LogP contribution is 2.54. The predicted molar refractivity (Wildman–Crippen MR) is 494 cm³/mol. The first kappa shape index (κ1) is 57.6. The lowest BCUT2D eigenvalue weighted by molar-refractivity contribution is 0.668. The third kappa shape index (κ3) is 11.0. The second-order valence-corrected chi connectivity index (χ2v) is 29.8. The highest BCUT2D eigenvalue weighted by molar-refractivity contribution is 6.29. The lowest BCUT2D eigenvalue weighted by atomic mass is 9.82. The van der Waals surface area contributed by atoms with Crippen molar-refractivity contribution in [2.45, 2.75) is 0 Å². The molecule has 0 radical (unpaired) electrons. The van der Waals surface area contributed by atoms with Gasteiger partial charge in [0.25, 0.3) is 0 Å². The van der Waals surface area contributed by atoms with Crippen LogP contribution in [0, 0.1) is 0 Å². The van der Waals surface area contributed by atoms with Gasteiger partial charge in [0.15, 0.2) is 0 Å². The molecule has 3 heteroatoms. The van der Waals surface area contributed by atoms with Gasteiger partial charge in [-0.3, -0.25) is 0 Å². The molecule has 0 atom stereocenters. The Morgan fingerprint density at radius 2 is 0.470 bits per heavy atom. The second kappa shape index (κ2) is 27.8. The lowest BCUT2D eigenvalue weighted by Gasteiger charge is -2.21. The Kier molecular flexibility index (Phi) is 13.7. The molecule has 3 aromatic heterocycles. The summed E-state index contributed by atoms with van der Waals surface area (Å²) in [5, 5.41) is 17.4. The highest BCUT2D eigenvalue weighted by atomic mass is 16.3. The molecule has 24 rings (SSSR count). The zero-order valence-corrected chi connectivity index (χ0v) is 62.9. The van der Waals surface area contributed by atoms with Crippen molar-refractivity contribution < 1.29 is 27.0 Å². The normalized spacial score (nSPS) is 13.0. The Morgan fingerprint density at radius 1 is 0.154 bits per heavy atom. The summed E-state index contributed by atoms with van der Waals surface area (Å²) in [4.78, 5) is 0. The van der Waals surface area contributed by atoms with Crippen LogP contribution in [-0.2, 0) is 0 Å². The molecule has 0 fully saturated rings. The maximum Gasteiger partial charge on any atom is 0.143 e. The van der Waals surface area contributed by atoms with Crippen molar-refractivity contribution in [3.05, 3.63) is 424 Å². The number of fused-ring (bicyclic) bond motifs is 15. The summed E-state index contributed by atoms with van der Waals surface area (Å²) in [5.41, 5.74) is 23.6. The van der Waals surface area contributed by atoms with Crippen LogP contribution in [0.1, 0.15) is 13.7 Å². The number of hydrogen-bond donors (Lipinski definition) is 0. The number of hydrogen-bond acceptors (Lipinski definition) is 3. The quantitative estimate of drug-likeness (QED) is 0.128. The van der Waals surface area contributed by atoms with E-state index in [1.165, 1.54) is 0 Å². The van der Waals surface area contributed by atoms with Crippen LogP contribution in [0.15, 0.2) is 438 Å². The summed E-state index contributed by atoms with van der Waals surface area (Å²) in [5.74, 6) is 0. The molecular weight excluding hydrogens is 1420 g/mol. The van der Waals surface area contributed by atoms with Gasteiger partial charge in [0.2, 0.25) is 0 Å². The van der Waals surface area contributed by atoms with E-state index in [1.54, 1.807) is 0 Å². The Morgan fingerprint density at radius 3 is 0.906 bits per heavy atom. The van der Waals surface area contributed by atoms with Crippen LogP contribution >= 0.6 is 0 Å². The molecule has 0 bridgehead atoms. The van der Waals surface area contributed by atoms with Gasteiger partial charge in [0, 0.05) is 49.0 Å². The summed E-state index contributed by atoms with van der Waals surface area (Å²) >= 11 is 0. The van der Waals surface area contributed by atoms with Crippen LogP contribution in [0.25, 0.3) is 242 Å². The van der Waals surface area contributed by atoms with E-state index in [-0.39, 0.29) is 59.5 Å². The molecule has 3 heterocycles. The minimum Gasteiger partial charge on any atom is -0.456 e. The maximum absolute atomic E-state index is 9.06. The van der Waals surface area contributed by atoms with E-state index < -0.39 is 12.1 Å². The van der Waals surface area contributed by atoms with E-state index >= 15 is 0 Å². The van der Waals surface area contributed by atoms with Gasteiger partial charge in [-0.05, 0) is 202 Å². The number of furan rings is 3. The Hall–Kier alpha value is -15.4. The average Bonchev–Trinajstić information content (AvgIpc) is 1.40. The van der Waals surface area contributed by atoms with Crippen molar-refractivity contribution in [2.24, 2.45) is 0 Å². The monoisotopic (exact) mass is 1500 g/mol. The van der Waals surface area contributed by atoms with Crippen LogP contribution in [0.2, 0.25) is 0 Å². The molecule has 3 nitrogen and oxygen atoms in total. The topological polar surface area (TPSA) is 39.4 Å². The van der Waals surface area contributed by atoms with Crippen LogP contribution in [0.4, 0.5) is 0 Å². The van der Waals surface area contributed by atoms with E-state index in [0.717, 1.165) is 219 Å². The Labute approximate surface area is 689 Å². The second-order valence-electron chi connectivity index (χ2n) is 29.8. The van der Waals surface area contributed by atoms with Crippen LogP contribution in [0.3, 0.4) is 0 Å². The van der Waals surface area contributed by atoms with E-state index in [9.17, 15) is 0 Å². The van der Waals surface area contributed by atoms with Gasteiger partial charge in [0.1, 0.15) is 33.5 Å². The minimum atomic E-state index is -0.410. The van der Waals surface area contributed by atoms with Crippen molar-refractivity contribution in [1.29, 1.82) is 0 Å². The first-order chi connectivity index (χ1) is 62.3. The third-order valence-electron chi connectivity index (χ3n) is 23.6. The van der Waals surface area contributed by atoms with Crippen molar-refractivity contribution in [3.63, 3.8) is 0 Å². The van der Waals surface area contributed by atoms with Gasteiger partial charge in [-0.15, -0.1) is 0 Å². The van der Waals surface area contributed by atoms with Gasteiger partial charge < -0.3 is 13.3 Å². The molecule has 117 heavy (non-hydrogen) atoms. The van der Waals surface area contributed by atoms with E-state index in [1.807, 2.05) is 115 Å².